The third-order valence-corrected chi connectivity index (χ3v) is 5.07. The summed E-state index contributed by atoms with van der Waals surface area (Å²) in [5.74, 6) is 0. The highest BCUT2D eigenvalue weighted by Gasteiger charge is 2.62. The first-order valence-corrected chi connectivity index (χ1v) is 7.95. The van der Waals surface area contributed by atoms with E-state index in [2.05, 4.69) is 0 Å². The molecule has 1 aliphatic carbocycles. The lowest BCUT2D eigenvalue weighted by atomic mass is 9.51. The molecule has 1 N–H and O–H groups in total. The molecule has 0 radical (unpaired) electrons. The number of rotatable bonds is 0. The van der Waals surface area contributed by atoms with Crippen LogP contribution in [0.2, 0.25) is 5.02 Å². The van der Waals surface area contributed by atoms with Gasteiger partial charge < -0.3 is 14.7 Å². The molecule has 0 saturated carbocycles. The molecule has 1 aromatic carbocycles. The molecule has 3 rings (SSSR count). The van der Waals surface area contributed by atoms with Crippen molar-refractivity contribution in [2.24, 2.45) is 0 Å². The predicted octanol–water partition coefficient (Wildman–Crippen LogP) is 3.44. The molecule has 22 heavy (non-hydrogen) atoms. The Morgan fingerprint density at radius 3 is 2.68 bits per heavy atom. The molecular weight excluding hydrogens is 302 g/mol. The standard InChI is InChI=1S/C17H22ClNO3/c1-15(2,3)22-14(20)19-8-7-17(21)12-6-5-11(18)9-13(12)16(17,4)10-19/h5-6,9,21H,7-8,10H2,1-4H3. The smallest absolute Gasteiger partial charge is 0.410 e. The van der Waals surface area contributed by atoms with Gasteiger partial charge in [0.2, 0.25) is 0 Å². The maximum Gasteiger partial charge on any atom is 0.410 e. The summed E-state index contributed by atoms with van der Waals surface area (Å²) in [5.41, 5.74) is 0.0550. The number of carbonyl (C=O) groups excluding carboxylic acids is 1. The summed E-state index contributed by atoms with van der Waals surface area (Å²) in [6.45, 7) is 8.47. The lowest BCUT2D eigenvalue weighted by molar-refractivity contribution is -0.119. The number of nitrogens with zero attached hydrogens (tertiary/aromatic N) is 1. The van der Waals surface area contributed by atoms with Crippen LogP contribution in [0.5, 0.6) is 0 Å². The SMILES string of the molecule is CC(C)(C)OC(=O)N1CCC2(O)c3ccc(Cl)cc3C2(C)C1. The number of halogens is 1. The number of ether oxygens (including phenoxy) is 1. The van der Waals surface area contributed by atoms with Gasteiger partial charge in [0.25, 0.3) is 0 Å². The van der Waals surface area contributed by atoms with Gasteiger partial charge in [-0.2, -0.15) is 0 Å². The number of aliphatic hydroxyl groups is 1. The van der Waals surface area contributed by atoms with Gasteiger partial charge in [0, 0.05) is 23.5 Å². The Balaban J connectivity index is 1.88. The second kappa shape index (κ2) is 4.62. The summed E-state index contributed by atoms with van der Waals surface area (Å²) in [7, 11) is 0. The fourth-order valence-corrected chi connectivity index (χ4v) is 3.83. The van der Waals surface area contributed by atoms with Crippen molar-refractivity contribution >= 4 is 17.7 Å². The van der Waals surface area contributed by atoms with E-state index in [9.17, 15) is 9.90 Å². The molecule has 1 aliphatic heterocycles. The van der Waals surface area contributed by atoms with Crippen molar-refractivity contribution in [1.82, 2.24) is 4.90 Å². The number of benzene rings is 1. The van der Waals surface area contributed by atoms with Crippen LogP contribution in [-0.2, 0) is 15.8 Å². The van der Waals surface area contributed by atoms with E-state index in [1.54, 1.807) is 11.0 Å². The van der Waals surface area contributed by atoms with Crippen molar-refractivity contribution in [1.29, 1.82) is 0 Å². The van der Waals surface area contributed by atoms with Crippen LogP contribution in [0.25, 0.3) is 0 Å². The van der Waals surface area contributed by atoms with E-state index in [-0.39, 0.29) is 6.09 Å². The summed E-state index contributed by atoms with van der Waals surface area (Å²) in [5, 5.41) is 11.7. The van der Waals surface area contributed by atoms with E-state index in [0.717, 1.165) is 11.1 Å². The molecule has 0 aromatic heterocycles. The maximum atomic E-state index is 12.3. The van der Waals surface area contributed by atoms with E-state index in [1.807, 2.05) is 39.8 Å². The van der Waals surface area contributed by atoms with Gasteiger partial charge in [-0.3, -0.25) is 0 Å². The highest BCUT2D eigenvalue weighted by atomic mass is 35.5. The van der Waals surface area contributed by atoms with Crippen molar-refractivity contribution in [2.45, 2.75) is 50.7 Å². The van der Waals surface area contributed by atoms with Gasteiger partial charge >= 0.3 is 6.09 Å². The zero-order valence-electron chi connectivity index (χ0n) is 13.4. The van der Waals surface area contributed by atoms with Crippen LogP contribution in [0.4, 0.5) is 4.79 Å². The maximum absolute atomic E-state index is 12.3. The number of amides is 1. The lowest BCUT2D eigenvalue weighted by Crippen LogP contribution is -2.67. The Morgan fingerprint density at radius 2 is 2.05 bits per heavy atom. The first-order valence-electron chi connectivity index (χ1n) is 7.58. The summed E-state index contributed by atoms with van der Waals surface area (Å²) < 4.78 is 5.45. The Hall–Kier alpha value is -1.26. The molecule has 0 spiro atoms. The average Bonchev–Trinajstić information content (AvgIpc) is 2.39. The van der Waals surface area contributed by atoms with E-state index in [4.69, 9.17) is 16.3 Å². The van der Waals surface area contributed by atoms with Crippen LogP contribution in [-0.4, -0.2) is 34.8 Å². The summed E-state index contributed by atoms with van der Waals surface area (Å²) in [4.78, 5) is 14.0. The third kappa shape index (κ3) is 2.12. The molecule has 1 aromatic rings. The van der Waals surface area contributed by atoms with Crippen molar-refractivity contribution < 1.29 is 14.6 Å². The van der Waals surface area contributed by atoms with Gasteiger partial charge in [-0.15, -0.1) is 0 Å². The molecule has 4 nitrogen and oxygen atoms in total. The number of hydrogen-bond acceptors (Lipinski definition) is 3. The van der Waals surface area contributed by atoms with E-state index < -0.39 is 16.6 Å². The summed E-state index contributed by atoms with van der Waals surface area (Å²) in [6.07, 6.45) is 0.184. The van der Waals surface area contributed by atoms with Crippen LogP contribution in [0.1, 0.15) is 45.2 Å². The van der Waals surface area contributed by atoms with Gasteiger partial charge in [0.15, 0.2) is 0 Å². The van der Waals surface area contributed by atoms with Gasteiger partial charge in [0.1, 0.15) is 11.2 Å². The van der Waals surface area contributed by atoms with Gasteiger partial charge in [-0.05, 0) is 50.5 Å². The van der Waals surface area contributed by atoms with Crippen molar-refractivity contribution in [3.8, 4) is 0 Å². The zero-order chi connectivity index (χ0) is 16.3. The van der Waals surface area contributed by atoms with E-state index >= 15 is 0 Å². The number of carbonyl (C=O) groups is 1. The minimum absolute atomic E-state index is 0.328. The molecular formula is C17H22ClNO3. The fourth-order valence-electron chi connectivity index (χ4n) is 3.66. The highest BCUT2D eigenvalue weighted by Crippen LogP contribution is 2.59. The fraction of sp³-hybridized carbons (Fsp3) is 0.588. The molecule has 120 valence electrons. The summed E-state index contributed by atoms with van der Waals surface area (Å²) >= 11 is 6.09. The molecule has 1 fully saturated rings. The Bertz CT molecular complexity index is 639. The molecule has 5 heteroatoms. The number of fused-ring (bicyclic) bond motifs is 4. The monoisotopic (exact) mass is 323 g/mol. The zero-order valence-corrected chi connectivity index (χ0v) is 14.2. The van der Waals surface area contributed by atoms with Crippen LogP contribution in [0.15, 0.2) is 18.2 Å². The Morgan fingerprint density at radius 1 is 1.36 bits per heavy atom. The predicted molar refractivity (Wildman–Crippen MR) is 85.1 cm³/mol. The van der Waals surface area contributed by atoms with Gasteiger partial charge in [0.05, 0.1) is 0 Å². The van der Waals surface area contributed by atoms with Crippen molar-refractivity contribution in [3.63, 3.8) is 0 Å². The highest BCUT2D eigenvalue weighted by molar-refractivity contribution is 6.30. The average molecular weight is 324 g/mol. The lowest BCUT2D eigenvalue weighted by Gasteiger charge is -2.60. The number of likely N-dealkylation sites (tertiary alicyclic amines) is 1. The van der Waals surface area contributed by atoms with Gasteiger partial charge in [-0.1, -0.05) is 24.6 Å². The molecule has 1 saturated heterocycles. The number of hydrogen-bond donors (Lipinski definition) is 1. The second-order valence-electron chi connectivity index (χ2n) is 7.53. The molecule has 2 unspecified atom stereocenters. The van der Waals surface area contributed by atoms with Crippen LogP contribution < -0.4 is 0 Å². The van der Waals surface area contributed by atoms with E-state index in [1.165, 1.54) is 0 Å². The van der Waals surface area contributed by atoms with E-state index in [0.29, 0.717) is 24.5 Å². The minimum Gasteiger partial charge on any atom is -0.444 e. The Kier molecular flexibility index (Phi) is 3.28. The summed E-state index contributed by atoms with van der Waals surface area (Å²) in [6, 6.07) is 5.59. The van der Waals surface area contributed by atoms with Crippen LogP contribution >= 0.6 is 11.6 Å². The van der Waals surface area contributed by atoms with Crippen molar-refractivity contribution in [2.75, 3.05) is 13.1 Å². The van der Waals surface area contributed by atoms with Crippen molar-refractivity contribution in [3.05, 3.63) is 34.3 Å². The largest absolute Gasteiger partial charge is 0.444 e. The van der Waals surface area contributed by atoms with Gasteiger partial charge in [-0.25, -0.2) is 4.79 Å². The molecule has 0 bridgehead atoms. The third-order valence-electron chi connectivity index (χ3n) is 4.84. The minimum atomic E-state index is -0.883. The molecule has 2 atom stereocenters. The first-order chi connectivity index (χ1) is 10.1. The Labute approximate surface area is 136 Å². The number of piperidine rings is 1. The van der Waals surface area contributed by atoms with Crippen LogP contribution in [0, 0.1) is 0 Å². The molecule has 1 amide bonds. The molecule has 2 aliphatic rings. The molecule has 1 heterocycles. The normalized spacial score (nSPS) is 30.2. The van der Waals surface area contributed by atoms with Crippen LogP contribution in [0.3, 0.4) is 0 Å². The first kappa shape index (κ1) is 15.6. The second-order valence-corrected chi connectivity index (χ2v) is 7.97. The quantitative estimate of drug-likeness (QED) is 0.795. The topological polar surface area (TPSA) is 49.8 Å².